The second kappa shape index (κ2) is 6.49. The van der Waals surface area contributed by atoms with Crippen molar-refractivity contribution in [2.45, 2.75) is 11.8 Å². The van der Waals surface area contributed by atoms with Crippen molar-refractivity contribution in [3.8, 4) is 0 Å². The Balaban J connectivity index is 3.24. The van der Waals surface area contributed by atoms with Crippen molar-refractivity contribution in [2.75, 3.05) is 13.1 Å². The lowest BCUT2D eigenvalue weighted by Gasteiger charge is -2.19. The van der Waals surface area contributed by atoms with Crippen LogP contribution in [0.3, 0.4) is 0 Å². The quantitative estimate of drug-likeness (QED) is 0.806. The molecule has 0 spiro atoms. The van der Waals surface area contributed by atoms with Crippen LogP contribution >= 0.6 is 0 Å². The second-order valence-corrected chi connectivity index (χ2v) is 5.93. The highest BCUT2D eigenvalue weighted by Gasteiger charge is 2.17. The van der Waals surface area contributed by atoms with E-state index in [2.05, 4.69) is 13.2 Å². The molecule has 2 N–H and O–H groups in total. The summed E-state index contributed by atoms with van der Waals surface area (Å²) in [5.41, 5.74) is 0.926. The van der Waals surface area contributed by atoms with E-state index in [1.807, 2.05) is 0 Å². The fourth-order valence-electron chi connectivity index (χ4n) is 1.77. The molecule has 1 aromatic carbocycles. The number of hydrogen-bond donors (Lipinski definition) is 1. The van der Waals surface area contributed by atoms with Gasteiger partial charge < -0.3 is 4.90 Å². The van der Waals surface area contributed by atoms with Crippen LogP contribution in [0, 0.1) is 6.92 Å². The van der Waals surface area contributed by atoms with Crippen molar-refractivity contribution >= 4 is 15.9 Å². The van der Waals surface area contributed by atoms with Gasteiger partial charge in [0.1, 0.15) is 0 Å². The summed E-state index contributed by atoms with van der Waals surface area (Å²) < 4.78 is 22.8. The highest BCUT2D eigenvalue weighted by Crippen LogP contribution is 2.15. The third kappa shape index (κ3) is 4.04. The largest absolute Gasteiger partial charge is 0.331 e. The van der Waals surface area contributed by atoms with Gasteiger partial charge in [0, 0.05) is 18.7 Å². The van der Waals surface area contributed by atoms with Gasteiger partial charge in [0.15, 0.2) is 0 Å². The lowest BCUT2D eigenvalue weighted by Crippen LogP contribution is -2.31. The SMILES string of the molecule is C=CCN(CC=C)C(=O)c1cc(C)cc(S(N)(=O)=O)c1. The Bertz CT molecular complexity index is 626. The minimum atomic E-state index is -3.84. The van der Waals surface area contributed by atoms with Crippen molar-refractivity contribution < 1.29 is 13.2 Å². The van der Waals surface area contributed by atoms with Crippen LogP contribution in [0.1, 0.15) is 15.9 Å². The zero-order valence-electron chi connectivity index (χ0n) is 11.4. The minimum absolute atomic E-state index is 0.0713. The molecule has 5 nitrogen and oxygen atoms in total. The first-order valence-corrected chi connectivity index (χ1v) is 7.49. The van der Waals surface area contributed by atoms with Crippen LogP contribution in [0.2, 0.25) is 0 Å². The molecule has 0 aliphatic heterocycles. The van der Waals surface area contributed by atoms with Gasteiger partial charge in [0.2, 0.25) is 10.0 Å². The molecular weight excluding hydrogens is 276 g/mol. The van der Waals surface area contributed by atoms with Gasteiger partial charge in [0.05, 0.1) is 4.90 Å². The number of carbonyl (C=O) groups is 1. The van der Waals surface area contributed by atoms with E-state index in [1.165, 1.54) is 17.0 Å². The van der Waals surface area contributed by atoms with Crippen molar-refractivity contribution in [1.82, 2.24) is 4.90 Å². The molecule has 0 aromatic heterocycles. The highest BCUT2D eigenvalue weighted by molar-refractivity contribution is 7.89. The Kier molecular flexibility index (Phi) is 5.24. The summed E-state index contributed by atoms with van der Waals surface area (Å²) in [7, 11) is -3.84. The fourth-order valence-corrected chi connectivity index (χ4v) is 2.41. The first kappa shape index (κ1) is 16.1. The number of rotatable bonds is 6. The van der Waals surface area contributed by atoms with Crippen LogP contribution in [0.4, 0.5) is 0 Å². The van der Waals surface area contributed by atoms with Crippen molar-refractivity contribution in [2.24, 2.45) is 5.14 Å². The molecule has 1 amide bonds. The number of aryl methyl sites for hydroxylation is 1. The Morgan fingerprint density at radius 1 is 1.25 bits per heavy atom. The van der Waals surface area contributed by atoms with E-state index in [4.69, 9.17) is 5.14 Å². The van der Waals surface area contributed by atoms with Gasteiger partial charge >= 0.3 is 0 Å². The molecule has 0 aliphatic carbocycles. The molecule has 0 radical (unpaired) electrons. The van der Waals surface area contributed by atoms with Crippen LogP contribution in [-0.2, 0) is 10.0 Å². The van der Waals surface area contributed by atoms with E-state index in [-0.39, 0.29) is 16.4 Å². The summed E-state index contributed by atoms with van der Waals surface area (Å²) in [5.74, 6) is -0.293. The normalized spacial score (nSPS) is 10.9. The standard InChI is InChI=1S/C14H18N2O3S/c1-4-6-16(7-5-2)14(17)12-8-11(3)9-13(10-12)20(15,18)19/h4-5,8-10H,1-2,6-7H2,3H3,(H2,15,18,19). The van der Waals surface area contributed by atoms with Gasteiger partial charge in [-0.25, -0.2) is 13.6 Å². The van der Waals surface area contributed by atoms with Crippen LogP contribution in [-0.4, -0.2) is 32.3 Å². The Morgan fingerprint density at radius 3 is 2.25 bits per heavy atom. The van der Waals surface area contributed by atoms with Gasteiger partial charge in [-0.1, -0.05) is 12.2 Å². The first-order chi connectivity index (χ1) is 9.29. The summed E-state index contributed by atoms with van der Waals surface area (Å²) in [4.78, 5) is 13.8. The number of sulfonamides is 1. The Hall–Kier alpha value is -1.92. The zero-order chi connectivity index (χ0) is 15.3. The summed E-state index contributed by atoms with van der Waals surface area (Å²) in [6, 6.07) is 4.33. The summed E-state index contributed by atoms with van der Waals surface area (Å²) in [6.45, 7) is 9.58. The minimum Gasteiger partial charge on any atom is -0.331 e. The molecular formula is C14H18N2O3S. The molecule has 0 aliphatic rings. The average molecular weight is 294 g/mol. The van der Waals surface area contributed by atoms with E-state index in [0.717, 1.165) is 0 Å². The average Bonchev–Trinajstić information content (AvgIpc) is 2.36. The molecule has 0 saturated heterocycles. The van der Waals surface area contributed by atoms with Gasteiger partial charge in [-0.15, -0.1) is 13.2 Å². The number of primary sulfonamides is 1. The highest BCUT2D eigenvalue weighted by atomic mass is 32.2. The van der Waals surface area contributed by atoms with Crippen molar-refractivity contribution in [3.63, 3.8) is 0 Å². The molecule has 0 heterocycles. The molecule has 1 rings (SSSR count). The maximum Gasteiger partial charge on any atom is 0.254 e. The van der Waals surface area contributed by atoms with Gasteiger partial charge in [-0.3, -0.25) is 4.79 Å². The maximum atomic E-state index is 12.4. The van der Waals surface area contributed by atoms with Gasteiger partial charge in [-0.2, -0.15) is 0 Å². The first-order valence-electron chi connectivity index (χ1n) is 5.95. The lowest BCUT2D eigenvalue weighted by molar-refractivity contribution is 0.0790. The molecule has 0 saturated carbocycles. The summed E-state index contributed by atoms with van der Waals surface area (Å²) in [6.07, 6.45) is 3.19. The van der Waals surface area contributed by atoms with Crippen LogP contribution < -0.4 is 5.14 Å². The van der Waals surface area contributed by atoms with E-state index < -0.39 is 10.0 Å². The molecule has 20 heavy (non-hydrogen) atoms. The number of benzene rings is 1. The molecule has 0 unspecified atom stereocenters. The smallest absolute Gasteiger partial charge is 0.254 e. The number of amides is 1. The summed E-state index contributed by atoms with van der Waals surface area (Å²) >= 11 is 0. The van der Waals surface area contributed by atoms with Crippen molar-refractivity contribution in [1.29, 1.82) is 0 Å². The number of nitrogens with zero attached hydrogens (tertiary/aromatic N) is 1. The fraction of sp³-hybridized carbons (Fsp3) is 0.214. The third-order valence-electron chi connectivity index (χ3n) is 2.61. The van der Waals surface area contributed by atoms with Gasteiger partial charge in [0.25, 0.3) is 5.91 Å². The number of nitrogens with two attached hydrogens (primary N) is 1. The van der Waals surface area contributed by atoms with E-state index >= 15 is 0 Å². The molecule has 108 valence electrons. The molecule has 1 aromatic rings. The van der Waals surface area contributed by atoms with Crippen LogP contribution in [0.15, 0.2) is 48.4 Å². The molecule has 6 heteroatoms. The van der Waals surface area contributed by atoms with E-state index in [9.17, 15) is 13.2 Å². The third-order valence-corrected chi connectivity index (χ3v) is 3.51. The van der Waals surface area contributed by atoms with E-state index in [1.54, 1.807) is 25.1 Å². The van der Waals surface area contributed by atoms with Crippen LogP contribution in [0.25, 0.3) is 0 Å². The Morgan fingerprint density at radius 2 is 1.80 bits per heavy atom. The predicted octanol–water partition coefficient (Wildman–Crippen LogP) is 1.46. The van der Waals surface area contributed by atoms with Gasteiger partial charge in [-0.05, 0) is 30.7 Å². The monoisotopic (exact) mass is 294 g/mol. The van der Waals surface area contributed by atoms with E-state index in [0.29, 0.717) is 18.7 Å². The maximum absolute atomic E-state index is 12.4. The Labute approximate surface area is 119 Å². The molecule has 0 fully saturated rings. The van der Waals surface area contributed by atoms with Crippen LogP contribution in [0.5, 0.6) is 0 Å². The number of carbonyl (C=O) groups excluding carboxylic acids is 1. The second-order valence-electron chi connectivity index (χ2n) is 4.37. The molecule has 0 bridgehead atoms. The number of hydrogen-bond acceptors (Lipinski definition) is 3. The zero-order valence-corrected chi connectivity index (χ0v) is 12.2. The summed E-state index contributed by atoms with van der Waals surface area (Å²) in [5, 5.41) is 5.10. The van der Waals surface area contributed by atoms with Crippen molar-refractivity contribution in [3.05, 3.63) is 54.6 Å². The topological polar surface area (TPSA) is 80.5 Å². The lowest BCUT2D eigenvalue weighted by atomic mass is 10.1. The predicted molar refractivity (Wildman–Crippen MR) is 78.8 cm³/mol. The molecule has 0 atom stereocenters.